The minimum Gasteiger partial charge on any atom is -0.497 e. The average molecular weight is 357 g/mol. The lowest BCUT2D eigenvalue weighted by atomic mass is 10.1. The molecule has 1 heterocycles. The van der Waals surface area contributed by atoms with Gasteiger partial charge in [-0.1, -0.05) is 0 Å². The lowest BCUT2D eigenvalue weighted by Gasteiger charge is -2.11. The highest BCUT2D eigenvalue weighted by Crippen LogP contribution is 2.24. The fraction of sp³-hybridized carbons (Fsp3) is 0.158. The summed E-state index contributed by atoms with van der Waals surface area (Å²) < 4.78 is 28.8. The molecular formula is C19H16FNO5. The molecule has 0 spiro atoms. The van der Waals surface area contributed by atoms with E-state index in [0.717, 1.165) is 11.6 Å². The van der Waals surface area contributed by atoms with E-state index in [9.17, 15) is 14.0 Å². The van der Waals surface area contributed by atoms with Gasteiger partial charge in [-0.05, 0) is 41.8 Å². The summed E-state index contributed by atoms with van der Waals surface area (Å²) >= 11 is 0. The number of benzene rings is 2. The first-order valence-corrected chi connectivity index (χ1v) is 7.74. The van der Waals surface area contributed by atoms with E-state index in [0.29, 0.717) is 16.9 Å². The summed E-state index contributed by atoms with van der Waals surface area (Å²) in [7, 11) is 3.05. The summed E-state index contributed by atoms with van der Waals surface area (Å²) in [4.78, 5) is 24.3. The summed E-state index contributed by atoms with van der Waals surface area (Å²) in [5, 5.41) is 3.16. The van der Waals surface area contributed by atoms with Gasteiger partial charge in [-0.3, -0.25) is 4.79 Å². The van der Waals surface area contributed by atoms with Crippen LogP contribution in [0.3, 0.4) is 0 Å². The minimum absolute atomic E-state index is 0.150. The maximum atomic E-state index is 13.4. The number of carbonyl (C=O) groups is 1. The van der Waals surface area contributed by atoms with Crippen molar-refractivity contribution in [1.82, 2.24) is 5.32 Å². The molecule has 0 fully saturated rings. The zero-order valence-electron chi connectivity index (χ0n) is 14.2. The molecule has 7 heteroatoms. The van der Waals surface area contributed by atoms with Crippen LogP contribution in [0, 0.1) is 5.82 Å². The van der Waals surface area contributed by atoms with Crippen LogP contribution in [0.15, 0.2) is 51.7 Å². The number of hydrogen-bond donors (Lipinski definition) is 1. The Bertz CT molecular complexity index is 1030. The van der Waals surface area contributed by atoms with Gasteiger partial charge in [0.25, 0.3) is 5.91 Å². The fourth-order valence-corrected chi connectivity index (χ4v) is 2.54. The van der Waals surface area contributed by atoms with Gasteiger partial charge in [0.15, 0.2) is 5.76 Å². The van der Waals surface area contributed by atoms with Crippen molar-refractivity contribution >= 4 is 16.7 Å². The standard InChI is InChI=1S/C19H16FNO5/c1-24-14-5-3-11(16(9-14)25-2)10-21-18(22)17-8-12-7-13(20)4-6-15(12)19(23)26-17/h3-9H,10H2,1-2H3,(H,21,22). The van der Waals surface area contributed by atoms with Crippen LogP contribution in [-0.2, 0) is 6.54 Å². The molecule has 3 rings (SSSR count). The number of amides is 1. The van der Waals surface area contributed by atoms with Crippen molar-refractivity contribution in [2.45, 2.75) is 6.54 Å². The monoisotopic (exact) mass is 357 g/mol. The molecule has 26 heavy (non-hydrogen) atoms. The van der Waals surface area contributed by atoms with Crippen LogP contribution in [0.5, 0.6) is 11.5 Å². The molecule has 0 aliphatic heterocycles. The Morgan fingerprint density at radius 3 is 2.65 bits per heavy atom. The van der Waals surface area contributed by atoms with Gasteiger partial charge in [0, 0.05) is 18.2 Å². The predicted octanol–water partition coefficient (Wildman–Crippen LogP) is 2.88. The molecule has 0 saturated heterocycles. The first-order valence-electron chi connectivity index (χ1n) is 7.74. The minimum atomic E-state index is -0.699. The van der Waals surface area contributed by atoms with Gasteiger partial charge >= 0.3 is 5.63 Å². The second-order valence-electron chi connectivity index (χ2n) is 5.49. The molecule has 0 atom stereocenters. The molecule has 134 valence electrons. The van der Waals surface area contributed by atoms with Crippen LogP contribution in [0.4, 0.5) is 4.39 Å². The second kappa shape index (κ2) is 7.26. The Morgan fingerprint density at radius 2 is 1.92 bits per heavy atom. The fourth-order valence-electron chi connectivity index (χ4n) is 2.54. The molecule has 0 bridgehead atoms. The number of ether oxygens (including phenoxy) is 2. The third-order valence-corrected chi connectivity index (χ3v) is 3.88. The van der Waals surface area contributed by atoms with Crippen molar-refractivity contribution in [1.29, 1.82) is 0 Å². The molecule has 6 nitrogen and oxygen atoms in total. The molecular weight excluding hydrogens is 341 g/mol. The number of rotatable bonds is 5. The Hall–Kier alpha value is -3.35. The SMILES string of the molecule is COc1ccc(CNC(=O)c2cc3cc(F)ccc3c(=O)o2)c(OC)c1. The number of nitrogens with one attached hydrogen (secondary N) is 1. The van der Waals surface area contributed by atoms with Crippen LogP contribution in [0.1, 0.15) is 16.1 Å². The van der Waals surface area contributed by atoms with Crippen LogP contribution in [-0.4, -0.2) is 20.1 Å². The molecule has 1 aromatic heterocycles. The molecule has 1 amide bonds. The number of fused-ring (bicyclic) bond motifs is 1. The number of carbonyl (C=O) groups excluding carboxylic acids is 1. The van der Waals surface area contributed by atoms with Crippen molar-refractivity contribution in [3.63, 3.8) is 0 Å². The smallest absolute Gasteiger partial charge is 0.344 e. The van der Waals surface area contributed by atoms with Crippen molar-refractivity contribution in [2.75, 3.05) is 14.2 Å². The third-order valence-electron chi connectivity index (χ3n) is 3.88. The summed E-state index contributed by atoms with van der Waals surface area (Å²) in [5.74, 6) is -0.115. The van der Waals surface area contributed by atoms with Crippen LogP contribution < -0.4 is 20.4 Å². The second-order valence-corrected chi connectivity index (χ2v) is 5.49. The van der Waals surface area contributed by atoms with E-state index < -0.39 is 17.3 Å². The zero-order chi connectivity index (χ0) is 18.7. The largest absolute Gasteiger partial charge is 0.497 e. The highest BCUT2D eigenvalue weighted by Gasteiger charge is 2.14. The van der Waals surface area contributed by atoms with Gasteiger partial charge in [0.05, 0.1) is 19.6 Å². The first-order chi connectivity index (χ1) is 12.5. The van der Waals surface area contributed by atoms with Crippen LogP contribution >= 0.6 is 0 Å². The first kappa shape index (κ1) is 17.5. The molecule has 0 aliphatic carbocycles. The maximum Gasteiger partial charge on any atom is 0.344 e. The van der Waals surface area contributed by atoms with E-state index in [1.54, 1.807) is 25.3 Å². The highest BCUT2D eigenvalue weighted by atomic mass is 19.1. The topological polar surface area (TPSA) is 77.8 Å². The highest BCUT2D eigenvalue weighted by molar-refractivity contribution is 5.95. The third kappa shape index (κ3) is 3.51. The van der Waals surface area contributed by atoms with Gasteiger partial charge in [0.1, 0.15) is 17.3 Å². The van der Waals surface area contributed by atoms with Gasteiger partial charge in [0.2, 0.25) is 0 Å². The Kier molecular flexibility index (Phi) is 4.88. The average Bonchev–Trinajstić information content (AvgIpc) is 2.65. The number of halogens is 1. The van der Waals surface area contributed by atoms with Gasteiger partial charge < -0.3 is 19.2 Å². The Morgan fingerprint density at radius 1 is 1.12 bits per heavy atom. The number of methoxy groups -OCH3 is 2. The normalized spacial score (nSPS) is 10.6. The molecule has 0 radical (unpaired) electrons. The van der Waals surface area contributed by atoms with E-state index in [-0.39, 0.29) is 17.7 Å². The Labute approximate surface area is 148 Å². The van der Waals surface area contributed by atoms with E-state index in [4.69, 9.17) is 13.9 Å². The lowest BCUT2D eigenvalue weighted by Crippen LogP contribution is -2.24. The van der Waals surface area contributed by atoms with E-state index in [2.05, 4.69) is 5.32 Å². The van der Waals surface area contributed by atoms with Gasteiger partial charge in [-0.15, -0.1) is 0 Å². The van der Waals surface area contributed by atoms with Crippen molar-refractivity contribution < 1.29 is 23.1 Å². The Balaban J connectivity index is 1.82. The molecule has 3 aromatic rings. The zero-order valence-corrected chi connectivity index (χ0v) is 14.2. The molecule has 0 unspecified atom stereocenters. The summed E-state index contributed by atoms with van der Waals surface area (Å²) in [6, 6.07) is 10.2. The number of hydrogen-bond acceptors (Lipinski definition) is 5. The molecule has 2 aromatic carbocycles. The predicted molar refractivity (Wildman–Crippen MR) is 93.2 cm³/mol. The van der Waals surface area contributed by atoms with Crippen molar-refractivity contribution in [2.24, 2.45) is 0 Å². The van der Waals surface area contributed by atoms with Gasteiger partial charge in [-0.2, -0.15) is 0 Å². The summed E-state index contributed by atoms with van der Waals surface area (Å²) in [5.41, 5.74) is 0.0190. The lowest BCUT2D eigenvalue weighted by molar-refractivity contribution is 0.0919. The van der Waals surface area contributed by atoms with E-state index >= 15 is 0 Å². The molecule has 1 N–H and O–H groups in total. The van der Waals surface area contributed by atoms with Gasteiger partial charge in [-0.25, -0.2) is 9.18 Å². The van der Waals surface area contributed by atoms with Crippen LogP contribution in [0.2, 0.25) is 0 Å². The molecule has 0 aliphatic rings. The summed E-state index contributed by atoms with van der Waals surface area (Å²) in [6.07, 6.45) is 0. The summed E-state index contributed by atoms with van der Waals surface area (Å²) in [6.45, 7) is 0.150. The van der Waals surface area contributed by atoms with Crippen molar-refractivity contribution in [3.05, 3.63) is 70.0 Å². The van der Waals surface area contributed by atoms with Crippen molar-refractivity contribution in [3.8, 4) is 11.5 Å². The van der Waals surface area contributed by atoms with E-state index in [1.165, 1.54) is 25.3 Å². The quantitative estimate of drug-likeness (QED) is 0.760. The van der Waals surface area contributed by atoms with E-state index in [1.807, 2.05) is 0 Å². The molecule has 0 saturated carbocycles. The van der Waals surface area contributed by atoms with Crippen LogP contribution in [0.25, 0.3) is 10.8 Å². The maximum absolute atomic E-state index is 13.4.